The number of carbonyl (C=O) groups excluding carboxylic acids is 1. The van der Waals surface area contributed by atoms with Crippen LogP contribution in [0.15, 0.2) is 36.4 Å². The van der Waals surface area contributed by atoms with Gasteiger partial charge in [-0.1, -0.05) is 41.4 Å². The van der Waals surface area contributed by atoms with Crippen molar-refractivity contribution in [1.29, 1.82) is 0 Å². The summed E-state index contributed by atoms with van der Waals surface area (Å²) in [4.78, 5) is 13.3. The summed E-state index contributed by atoms with van der Waals surface area (Å²) in [5.41, 5.74) is 4.03. The molecule has 1 unspecified atom stereocenters. The van der Waals surface area contributed by atoms with Crippen molar-refractivity contribution in [3.05, 3.63) is 63.1 Å². The van der Waals surface area contributed by atoms with E-state index in [1.165, 1.54) is 0 Å². The van der Waals surface area contributed by atoms with Crippen molar-refractivity contribution < 1.29 is 9.69 Å². The molecule has 0 fully saturated rings. The van der Waals surface area contributed by atoms with Gasteiger partial charge in [0.15, 0.2) is 6.54 Å². The van der Waals surface area contributed by atoms with Crippen molar-refractivity contribution in [2.45, 2.75) is 20.4 Å². The Kier molecular flexibility index (Phi) is 6.05. The zero-order valence-corrected chi connectivity index (χ0v) is 15.1. The molecule has 0 saturated carbocycles. The van der Waals surface area contributed by atoms with Crippen molar-refractivity contribution in [3.63, 3.8) is 0 Å². The molecule has 0 spiro atoms. The lowest BCUT2D eigenvalue weighted by Crippen LogP contribution is -3.08. The van der Waals surface area contributed by atoms with E-state index in [0.717, 1.165) is 27.3 Å². The predicted octanol–water partition coefficient (Wildman–Crippen LogP) is 3.26. The van der Waals surface area contributed by atoms with Gasteiger partial charge in [-0.25, -0.2) is 0 Å². The molecular formula is C18H21Cl2N2O+. The second-order valence-electron chi connectivity index (χ2n) is 5.91. The predicted molar refractivity (Wildman–Crippen MR) is 96.5 cm³/mol. The Labute approximate surface area is 147 Å². The fourth-order valence-electron chi connectivity index (χ4n) is 2.39. The minimum atomic E-state index is -0.0127. The molecule has 2 rings (SSSR count). The van der Waals surface area contributed by atoms with Crippen LogP contribution < -0.4 is 10.2 Å². The third-order valence-electron chi connectivity index (χ3n) is 3.64. The van der Waals surface area contributed by atoms with E-state index in [1.807, 2.05) is 51.2 Å². The molecule has 0 heterocycles. The molecule has 0 bridgehead atoms. The summed E-state index contributed by atoms with van der Waals surface area (Å²) in [5, 5.41) is 4.22. The molecule has 2 N–H and O–H groups in total. The summed E-state index contributed by atoms with van der Waals surface area (Å²) in [6.45, 7) is 5.02. The highest BCUT2D eigenvalue weighted by molar-refractivity contribution is 6.35. The molecule has 0 aromatic heterocycles. The molecule has 23 heavy (non-hydrogen) atoms. The molecule has 1 atom stereocenters. The number of hydrogen-bond acceptors (Lipinski definition) is 1. The Balaban J connectivity index is 1.95. The average Bonchev–Trinajstić information content (AvgIpc) is 2.46. The third-order valence-corrected chi connectivity index (χ3v) is 4.22. The lowest BCUT2D eigenvalue weighted by molar-refractivity contribution is -0.885. The number of rotatable bonds is 5. The molecule has 0 aliphatic heterocycles. The van der Waals surface area contributed by atoms with E-state index in [9.17, 15) is 4.79 Å². The first kappa shape index (κ1) is 17.8. The van der Waals surface area contributed by atoms with Gasteiger partial charge >= 0.3 is 0 Å². The van der Waals surface area contributed by atoms with Crippen LogP contribution in [-0.4, -0.2) is 19.5 Å². The summed E-state index contributed by atoms with van der Waals surface area (Å²) in [7, 11) is 1.97. The molecule has 0 aliphatic rings. The average molecular weight is 352 g/mol. The third kappa shape index (κ3) is 5.24. The maximum Gasteiger partial charge on any atom is 0.279 e. The quantitative estimate of drug-likeness (QED) is 0.851. The minimum absolute atomic E-state index is 0.0127. The number of hydrogen-bond donors (Lipinski definition) is 2. The lowest BCUT2D eigenvalue weighted by atomic mass is 10.1. The van der Waals surface area contributed by atoms with Gasteiger partial charge in [-0.15, -0.1) is 0 Å². The number of nitrogens with one attached hydrogen (secondary N) is 2. The van der Waals surface area contributed by atoms with Crippen LogP contribution in [0, 0.1) is 13.8 Å². The minimum Gasteiger partial charge on any atom is -0.326 e. The standard InChI is InChI=1S/C18H20Cl2N2O/c1-12-4-5-13(2)17(8-12)21-18(23)11-22(3)10-14-6-7-15(19)9-16(14)20/h4-9H,10-11H2,1-3H3,(H,21,23)/p+1. The normalized spacial score (nSPS) is 12.0. The molecule has 0 saturated heterocycles. The molecule has 2 aromatic carbocycles. The molecule has 2 aromatic rings. The van der Waals surface area contributed by atoms with Crippen LogP contribution in [0.25, 0.3) is 0 Å². The molecule has 5 heteroatoms. The first-order chi connectivity index (χ1) is 10.8. The molecule has 3 nitrogen and oxygen atoms in total. The zero-order valence-electron chi connectivity index (χ0n) is 13.5. The van der Waals surface area contributed by atoms with Gasteiger partial charge in [0.25, 0.3) is 5.91 Å². The smallest absolute Gasteiger partial charge is 0.279 e. The van der Waals surface area contributed by atoms with Crippen molar-refractivity contribution in [1.82, 2.24) is 0 Å². The highest BCUT2D eigenvalue weighted by Gasteiger charge is 2.13. The van der Waals surface area contributed by atoms with Crippen molar-refractivity contribution >= 4 is 34.8 Å². The maximum atomic E-state index is 12.2. The van der Waals surface area contributed by atoms with Crippen molar-refractivity contribution in [3.8, 4) is 0 Å². The van der Waals surface area contributed by atoms with Crippen LogP contribution in [0.5, 0.6) is 0 Å². The Morgan fingerprint density at radius 3 is 2.57 bits per heavy atom. The fraction of sp³-hybridized carbons (Fsp3) is 0.278. The largest absolute Gasteiger partial charge is 0.326 e. The van der Waals surface area contributed by atoms with Crippen molar-refractivity contribution in [2.75, 3.05) is 18.9 Å². The van der Waals surface area contributed by atoms with Gasteiger partial charge in [-0.3, -0.25) is 4.79 Å². The summed E-state index contributed by atoms with van der Waals surface area (Å²) in [5.74, 6) is -0.0127. The number of amides is 1. The second kappa shape index (κ2) is 7.82. The highest BCUT2D eigenvalue weighted by atomic mass is 35.5. The van der Waals surface area contributed by atoms with Crippen LogP contribution in [0.1, 0.15) is 16.7 Å². The maximum absolute atomic E-state index is 12.2. The van der Waals surface area contributed by atoms with Gasteiger partial charge in [-0.2, -0.15) is 0 Å². The summed E-state index contributed by atoms with van der Waals surface area (Å²) >= 11 is 12.1. The van der Waals surface area contributed by atoms with Crippen LogP contribution in [-0.2, 0) is 11.3 Å². The Hall–Kier alpha value is -1.55. The van der Waals surface area contributed by atoms with Gasteiger partial charge < -0.3 is 10.2 Å². The van der Waals surface area contributed by atoms with Gasteiger partial charge in [0.2, 0.25) is 0 Å². The number of benzene rings is 2. The van der Waals surface area contributed by atoms with E-state index in [2.05, 4.69) is 5.32 Å². The van der Waals surface area contributed by atoms with Crippen LogP contribution >= 0.6 is 23.2 Å². The van der Waals surface area contributed by atoms with Gasteiger partial charge in [0, 0.05) is 16.3 Å². The van der Waals surface area contributed by atoms with Crippen LogP contribution in [0.2, 0.25) is 10.0 Å². The Morgan fingerprint density at radius 2 is 1.87 bits per heavy atom. The SMILES string of the molecule is Cc1ccc(C)c(NC(=O)C[NH+](C)Cc2ccc(Cl)cc2Cl)c1. The van der Waals surface area contributed by atoms with E-state index in [-0.39, 0.29) is 5.91 Å². The lowest BCUT2D eigenvalue weighted by Gasteiger charge is -2.15. The molecule has 0 radical (unpaired) electrons. The van der Waals surface area contributed by atoms with Gasteiger partial charge in [-0.05, 0) is 43.2 Å². The molecule has 122 valence electrons. The van der Waals surface area contributed by atoms with E-state index in [0.29, 0.717) is 23.1 Å². The first-order valence-corrected chi connectivity index (χ1v) is 8.23. The zero-order chi connectivity index (χ0) is 17.0. The summed E-state index contributed by atoms with van der Waals surface area (Å²) in [6.07, 6.45) is 0. The molecule has 0 aliphatic carbocycles. The summed E-state index contributed by atoms with van der Waals surface area (Å²) in [6, 6.07) is 11.5. The van der Waals surface area contributed by atoms with Crippen LogP contribution in [0.4, 0.5) is 5.69 Å². The van der Waals surface area contributed by atoms with Gasteiger partial charge in [0.1, 0.15) is 6.54 Å². The Bertz CT molecular complexity index is 716. The first-order valence-electron chi connectivity index (χ1n) is 7.47. The van der Waals surface area contributed by atoms with E-state index >= 15 is 0 Å². The van der Waals surface area contributed by atoms with E-state index < -0.39 is 0 Å². The number of aryl methyl sites for hydroxylation is 2. The number of likely N-dealkylation sites (N-methyl/N-ethyl adjacent to an activating group) is 1. The second-order valence-corrected chi connectivity index (χ2v) is 6.76. The topological polar surface area (TPSA) is 33.5 Å². The Morgan fingerprint density at radius 1 is 1.13 bits per heavy atom. The van der Waals surface area contributed by atoms with E-state index in [1.54, 1.807) is 6.07 Å². The molecule has 1 amide bonds. The number of halogens is 2. The fourth-order valence-corrected chi connectivity index (χ4v) is 2.87. The van der Waals surface area contributed by atoms with Gasteiger partial charge in [0.05, 0.1) is 12.1 Å². The molecular weight excluding hydrogens is 331 g/mol. The van der Waals surface area contributed by atoms with Crippen molar-refractivity contribution in [2.24, 2.45) is 0 Å². The van der Waals surface area contributed by atoms with Crippen LogP contribution in [0.3, 0.4) is 0 Å². The number of carbonyl (C=O) groups is 1. The monoisotopic (exact) mass is 351 g/mol. The highest BCUT2D eigenvalue weighted by Crippen LogP contribution is 2.20. The summed E-state index contributed by atoms with van der Waals surface area (Å²) < 4.78 is 0. The number of anilines is 1. The van der Waals surface area contributed by atoms with E-state index in [4.69, 9.17) is 23.2 Å². The number of quaternary nitrogens is 1.